The first-order valence-corrected chi connectivity index (χ1v) is 8.23. The standard InChI is InChI=1S/C18H18N4S/c23-18-21-11-5-4-8-17(21)19-22(18)14-20-12-9-16(10-13-20)15-6-2-1-3-7-15/h1-9,11H,10,12-14H2. The van der Waals surface area contributed by atoms with Crippen molar-refractivity contribution in [3.8, 4) is 0 Å². The van der Waals surface area contributed by atoms with Crippen LogP contribution in [-0.4, -0.2) is 32.2 Å². The molecule has 0 radical (unpaired) electrons. The van der Waals surface area contributed by atoms with Gasteiger partial charge in [-0.25, -0.2) is 4.68 Å². The lowest BCUT2D eigenvalue weighted by Gasteiger charge is -2.26. The zero-order valence-corrected chi connectivity index (χ0v) is 13.6. The lowest BCUT2D eigenvalue weighted by molar-refractivity contribution is 0.227. The molecule has 1 aliphatic heterocycles. The molecule has 0 aliphatic carbocycles. The predicted octanol–water partition coefficient (Wildman–Crippen LogP) is 3.61. The van der Waals surface area contributed by atoms with Crippen LogP contribution in [0.1, 0.15) is 12.0 Å². The van der Waals surface area contributed by atoms with Crippen molar-refractivity contribution < 1.29 is 0 Å². The van der Waals surface area contributed by atoms with E-state index >= 15 is 0 Å². The summed E-state index contributed by atoms with van der Waals surface area (Å²) in [6, 6.07) is 16.6. The maximum Gasteiger partial charge on any atom is 0.203 e. The summed E-state index contributed by atoms with van der Waals surface area (Å²) in [5.74, 6) is 0. The fourth-order valence-corrected chi connectivity index (χ4v) is 3.26. The molecule has 0 unspecified atom stereocenters. The van der Waals surface area contributed by atoms with Gasteiger partial charge in [0, 0.05) is 19.3 Å². The summed E-state index contributed by atoms with van der Waals surface area (Å²) in [4.78, 5) is 2.37. The molecule has 3 heterocycles. The van der Waals surface area contributed by atoms with Gasteiger partial charge in [-0.2, -0.15) is 5.10 Å². The normalized spacial score (nSPS) is 15.7. The van der Waals surface area contributed by atoms with Crippen LogP contribution in [0.3, 0.4) is 0 Å². The van der Waals surface area contributed by atoms with Crippen LogP contribution in [-0.2, 0) is 6.67 Å². The smallest absolute Gasteiger partial charge is 0.203 e. The van der Waals surface area contributed by atoms with Gasteiger partial charge in [-0.15, -0.1) is 0 Å². The molecule has 0 saturated heterocycles. The van der Waals surface area contributed by atoms with Gasteiger partial charge in [-0.3, -0.25) is 9.30 Å². The van der Waals surface area contributed by atoms with Crippen LogP contribution in [0.15, 0.2) is 60.8 Å². The third kappa shape index (κ3) is 2.85. The van der Waals surface area contributed by atoms with Crippen molar-refractivity contribution in [2.75, 3.05) is 13.1 Å². The summed E-state index contributed by atoms with van der Waals surface area (Å²) in [5.41, 5.74) is 3.66. The average Bonchev–Trinajstić information content (AvgIpc) is 2.93. The molecule has 2 aromatic heterocycles. The van der Waals surface area contributed by atoms with Gasteiger partial charge >= 0.3 is 0 Å². The van der Waals surface area contributed by atoms with Crippen molar-refractivity contribution in [2.24, 2.45) is 0 Å². The lowest BCUT2D eigenvalue weighted by atomic mass is 10.00. The zero-order valence-electron chi connectivity index (χ0n) is 12.8. The van der Waals surface area contributed by atoms with Gasteiger partial charge in [0.25, 0.3) is 0 Å². The van der Waals surface area contributed by atoms with Gasteiger partial charge in [0.15, 0.2) is 5.65 Å². The maximum atomic E-state index is 5.52. The first-order chi connectivity index (χ1) is 11.3. The summed E-state index contributed by atoms with van der Waals surface area (Å²) in [6.45, 7) is 2.69. The predicted molar refractivity (Wildman–Crippen MR) is 94.6 cm³/mol. The van der Waals surface area contributed by atoms with Crippen molar-refractivity contribution in [3.05, 3.63) is 71.1 Å². The minimum Gasteiger partial charge on any atom is -0.280 e. The van der Waals surface area contributed by atoms with Crippen LogP contribution >= 0.6 is 12.2 Å². The lowest BCUT2D eigenvalue weighted by Crippen LogP contribution is -2.31. The highest BCUT2D eigenvalue weighted by Gasteiger charge is 2.14. The van der Waals surface area contributed by atoms with Crippen LogP contribution < -0.4 is 0 Å². The van der Waals surface area contributed by atoms with Crippen LogP contribution in [0.2, 0.25) is 0 Å². The Bertz CT molecular complexity index is 907. The van der Waals surface area contributed by atoms with Crippen LogP contribution in [0.4, 0.5) is 0 Å². The van der Waals surface area contributed by atoms with E-state index in [1.807, 2.05) is 33.5 Å². The van der Waals surface area contributed by atoms with Gasteiger partial charge < -0.3 is 0 Å². The van der Waals surface area contributed by atoms with Gasteiger partial charge in [0.1, 0.15) is 0 Å². The van der Waals surface area contributed by atoms with Crippen LogP contribution in [0, 0.1) is 4.77 Å². The molecule has 4 nitrogen and oxygen atoms in total. The monoisotopic (exact) mass is 322 g/mol. The minimum atomic E-state index is 0.735. The van der Waals surface area contributed by atoms with E-state index in [2.05, 4.69) is 46.4 Å². The molecule has 0 fully saturated rings. The Morgan fingerprint density at radius 1 is 1.04 bits per heavy atom. The maximum absolute atomic E-state index is 5.52. The largest absolute Gasteiger partial charge is 0.280 e. The Morgan fingerprint density at radius 3 is 2.61 bits per heavy atom. The fraction of sp³-hybridized carbons (Fsp3) is 0.222. The van der Waals surface area contributed by atoms with Gasteiger partial charge in [-0.05, 0) is 41.9 Å². The quantitative estimate of drug-likeness (QED) is 0.689. The van der Waals surface area contributed by atoms with Crippen molar-refractivity contribution in [1.82, 2.24) is 19.1 Å². The van der Waals surface area contributed by atoms with E-state index in [0.29, 0.717) is 0 Å². The second-order valence-corrected chi connectivity index (χ2v) is 6.14. The molecule has 1 aliphatic rings. The van der Waals surface area contributed by atoms with E-state index in [-0.39, 0.29) is 0 Å². The van der Waals surface area contributed by atoms with Gasteiger partial charge in [0.2, 0.25) is 4.77 Å². The molecule has 0 spiro atoms. The molecule has 0 N–H and O–H groups in total. The van der Waals surface area contributed by atoms with E-state index in [9.17, 15) is 0 Å². The molecule has 0 bridgehead atoms. The molecule has 0 atom stereocenters. The number of hydrogen-bond donors (Lipinski definition) is 0. The van der Waals surface area contributed by atoms with Crippen LogP contribution in [0.25, 0.3) is 11.2 Å². The summed E-state index contributed by atoms with van der Waals surface area (Å²) in [7, 11) is 0. The number of hydrogen-bond acceptors (Lipinski definition) is 3. The van der Waals surface area contributed by atoms with E-state index in [1.54, 1.807) is 0 Å². The van der Waals surface area contributed by atoms with E-state index in [1.165, 1.54) is 11.1 Å². The molecule has 116 valence electrons. The third-order valence-electron chi connectivity index (χ3n) is 4.26. The Balaban J connectivity index is 1.51. The number of fused-ring (bicyclic) bond motifs is 1. The zero-order chi connectivity index (χ0) is 15.6. The van der Waals surface area contributed by atoms with Gasteiger partial charge in [-0.1, -0.05) is 42.5 Å². The highest BCUT2D eigenvalue weighted by atomic mass is 32.1. The molecule has 23 heavy (non-hydrogen) atoms. The number of benzene rings is 1. The summed E-state index contributed by atoms with van der Waals surface area (Å²) in [5, 5.41) is 4.60. The fourth-order valence-electron chi connectivity index (χ4n) is 3.00. The molecule has 3 aromatic rings. The topological polar surface area (TPSA) is 25.5 Å². The molecule has 0 saturated carbocycles. The summed E-state index contributed by atoms with van der Waals surface area (Å²) in [6.07, 6.45) is 5.34. The number of nitrogens with zero attached hydrogens (tertiary/aromatic N) is 4. The Labute approximate surface area is 140 Å². The van der Waals surface area contributed by atoms with Crippen molar-refractivity contribution in [3.63, 3.8) is 0 Å². The first kappa shape index (κ1) is 14.4. The Morgan fingerprint density at radius 2 is 1.87 bits per heavy atom. The summed E-state index contributed by atoms with van der Waals surface area (Å²) >= 11 is 5.52. The molecule has 0 amide bonds. The average molecular weight is 322 g/mol. The van der Waals surface area contributed by atoms with Crippen molar-refractivity contribution >= 4 is 23.4 Å². The number of aromatic nitrogens is 3. The molecule has 4 rings (SSSR count). The Kier molecular flexibility index (Phi) is 3.81. The van der Waals surface area contributed by atoms with Gasteiger partial charge in [0.05, 0.1) is 6.67 Å². The Hall–Kier alpha value is -2.24. The van der Waals surface area contributed by atoms with E-state index < -0.39 is 0 Å². The molecule has 1 aromatic carbocycles. The number of pyridine rings is 1. The highest BCUT2D eigenvalue weighted by molar-refractivity contribution is 7.71. The van der Waals surface area contributed by atoms with E-state index in [0.717, 1.165) is 36.6 Å². The second kappa shape index (κ2) is 6.10. The van der Waals surface area contributed by atoms with Crippen LogP contribution in [0.5, 0.6) is 0 Å². The minimum absolute atomic E-state index is 0.735. The molecular formula is C18H18N4S. The SMILES string of the molecule is S=c1n(CN2CC=C(c3ccccc3)CC2)nc2ccccn12. The highest BCUT2D eigenvalue weighted by Crippen LogP contribution is 2.22. The molecular weight excluding hydrogens is 304 g/mol. The van der Waals surface area contributed by atoms with Crippen molar-refractivity contribution in [1.29, 1.82) is 0 Å². The summed E-state index contributed by atoms with van der Waals surface area (Å²) < 4.78 is 4.61. The first-order valence-electron chi connectivity index (χ1n) is 7.82. The van der Waals surface area contributed by atoms with E-state index in [4.69, 9.17) is 12.2 Å². The number of rotatable bonds is 3. The third-order valence-corrected chi connectivity index (χ3v) is 4.67. The van der Waals surface area contributed by atoms with Crippen molar-refractivity contribution in [2.45, 2.75) is 13.1 Å². The second-order valence-electron chi connectivity index (χ2n) is 5.77. The molecule has 5 heteroatoms.